The summed E-state index contributed by atoms with van der Waals surface area (Å²) in [5, 5.41) is 12.7. The summed E-state index contributed by atoms with van der Waals surface area (Å²) in [5.74, 6) is -0.227. The number of carbonyl (C=O) groups is 1. The lowest BCUT2D eigenvalue weighted by atomic mass is 9.81. The number of aliphatic carboxylic acids is 1. The molecule has 0 aliphatic carbocycles. The van der Waals surface area contributed by atoms with Gasteiger partial charge in [0.05, 0.1) is 25.4 Å². The first-order valence-electron chi connectivity index (χ1n) is 10.2. The maximum absolute atomic E-state index is 12.5. The maximum Gasteiger partial charge on any atom is 0.307 e. The Morgan fingerprint density at radius 2 is 1.94 bits per heavy atom. The van der Waals surface area contributed by atoms with Gasteiger partial charge in [0.15, 0.2) is 0 Å². The Bertz CT molecular complexity index is 978. The summed E-state index contributed by atoms with van der Waals surface area (Å²) in [6.07, 6.45) is 0.874. The minimum atomic E-state index is -3.56. The maximum atomic E-state index is 12.5. The van der Waals surface area contributed by atoms with Crippen LogP contribution >= 0.6 is 0 Å². The molecule has 0 saturated carbocycles. The predicted octanol–water partition coefficient (Wildman–Crippen LogP) is 2.68. The van der Waals surface area contributed by atoms with Gasteiger partial charge in [-0.3, -0.25) is 9.52 Å². The van der Waals surface area contributed by atoms with Gasteiger partial charge >= 0.3 is 5.97 Å². The molecule has 2 aromatic carbocycles. The van der Waals surface area contributed by atoms with E-state index < -0.39 is 21.9 Å². The van der Waals surface area contributed by atoms with E-state index in [1.165, 1.54) is 0 Å². The Morgan fingerprint density at radius 1 is 1.19 bits per heavy atom. The fraction of sp³-hybridized carbons (Fsp3) is 0.409. The van der Waals surface area contributed by atoms with Crippen LogP contribution < -0.4 is 19.5 Å². The molecule has 2 atom stereocenters. The molecule has 3 N–H and O–H groups in total. The van der Waals surface area contributed by atoms with Crippen LogP contribution in [0.3, 0.4) is 0 Å². The molecule has 0 unspecified atom stereocenters. The van der Waals surface area contributed by atoms with Crippen molar-refractivity contribution in [3.8, 4) is 11.5 Å². The first-order chi connectivity index (χ1) is 14.9. The molecule has 31 heavy (non-hydrogen) atoms. The molecule has 8 nitrogen and oxygen atoms in total. The topological polar surface area (TPSA) is 114 Å². The lowest BCUT2D eigenvalue weighted by Gasteiger charge is -2.29. The highest BCUT2D eigenvalue weighted by molar-refractivity contribution is 7.92. The summed E-state index contributed by atoms with van der Waals surface area (Å²) in [5.41, 5.74) is 1.24. The van der Waals surface area contributed by atoms with Crippen molar-refractivity contribution in [2.45, 2.75) is 18.8 Å². The molecule has 2 aromatic rings. The highest BCUT2D eigenvalue weighted by Crippen LogP contribution is 2.31. The van der Waals surface area contributed by atoms with Gasteiger partial charge < -0.3 is 19.9 Å². The zero-order valence-electron chi connectivity index (χ0n) is 17.4. The summed E-state index contributed by atoms with van der Waals surface area (Å²) in [7, 11) is -1.98. The fourth-order valence-corrected chi connectivity index (χ4v) is 4.76. The van der Waals surface area contributed by atoms with Crippen LogP contribution in [0, 0.1) is 5.92 Å². The molecular formula is C22H28N2O6S. The molecule has 0 aromatic heterocycles. The van der Waals surface area contributed by atoms with E-state index in [9.17, 15) is 18.3 Å². The Balaban J connectivity index is 1.54. The van der Waals surface area contributed by atoms with Gasteiger partial charge in [-0.2, -0.15) is 0 Å². The number of anilines is 1. The van der Waals surface area contributed by atoms with Crippen LogP contribution in [0.5, 0.6) is 11.5 Å². The number of methoxy groups -OCH3 is 1. The number of carboxylic acid groups (broad SMARTS) is 1. The number of benzene rings is 2. The summed E-state index contributed by atoms with van der Waals surface area (Å²) in [4.78, 5) is 11.6. The Kier molecular flexibility index (Phi) is 7.75. The van der Waals surface area contributed by atoms with E-state index in [1.807, 2.05) is 6.07 Å². The highest BCUT2D eigenvalue weighted by Gasteiger charge is 2.32. The number of hydrogen-bond donors (Lipinski definition) is 3. The third-order valence-electron chi connectivity index (χ3n) is 5.27. The zero-order chi connectivity index (χ0) is 22.3. The fourth-order valence-electron chi connectivity index (χ4n) is 3.68. The number of ether oxygens (including phenoxy) is 2. The minimum absolute atomic E-state index is 0.0872. The predicted molar refractivity (Wildman–Crippen MR) is 118 cm³/mol. The molecule has 168 valence electrons. The molecule has 0 radical (unpaired) electrons. The summed E-state index contributed by atoms with van der Waals surface area (Å²) in [6, 6.07) is 14.1. The first kappa shape index (κ1) is 22.9. The summed E-state index contributed by atoms with van der Waals surface area (Å²) >= 11 is 0. The monoisotopic (exact) mass is 448 g/mol. The van der Waals surface area contributed by atoms with Crippen molar-refractivity contribution in [2.75, 3.05) is 37.3 Å². The van der Waals surface area contributed by atoms with Crippen LogP contribution in [0.25, 0.3) is 0 Å². The third kappa shape index (κ3) is 6.60. The van der Waals surface area contributed by atoms with Crippen molar-refractivity contribution >= 4 is 21.7 Å². The highest BCUT2D eigenvalue weighted by atomic mass is 32.2. The molecule has 0 bridgehead atoms. The van der Waals surface area contributed by atoms with Crippen molar-refractivity contribution < 1.29 is 27.8 Å². The Morgan fingerprint density at radius 3 is 2.65 bits per heavy atom. The second-order valence-corrected chi connectivity index (χ2v) is 9.31. The van der Waals surface area contributed by atoms with Crippen molar-refractivity contribution in [3.05, 3.63) is 54.1 Å². The zero-order valence-corrected chi connectivity index (χ0v) is 18.2. The molecule has 0 amide bonds. The first-order valence-corrected chi connectivity index (χ1v) is 11.8. The van der Waals surface area contributed by atoms with Crippen LogP contribution in [-0.4, -0.2) is 52.1 Å². The Labute approximate surface area is 182 Å². The number of rotatable bonds is 10. The standard InChI is InChI=1S/C22H28N2O6S/c1-29-18-6-8-19(9-7-18)30-12-3-13-31(27,28)24-17-5-2-4-16(14-17)21-15-23-11-10-20(21)22(25)26/h2,4-9,14,20-21,23-24H,3,10-13,15H2,1H3,(H,25,26)/t20-,21+/m1/s1. The quantitative estimate of drug-likeness (QED) is 0.479. The average Bonchev–Trinajstić information content (AvgIpc) is 2.77. The van der Waals surface area contributed by atoms with Crippen LogP contribution in [-0.2, 0) is 14.8 Å². The van der Waals surface area contributed by atoms with Gasteiger partial charge in [-0.15, -0.1) is 0 Å². The van der Waals surface area contributed by atoms with Gasteiger partial charge in [0.25, 0.3) is 0 Å². The van der Waals surface area contributed by atoms with E-state index in [2.05, 4.69) is 10.0 Å². The molecule has 0 spiro atoms. The second kappa shape index (κ2) is 10.5. The number of piperidine rings is 1. The van der Waals surface area contributed by atoms with Crippen LogP contribution in [0.4, 0.5) is 5.69 Å². The lowest BCUT2D eigenvalue weighted by Crippen LogP contribution is -2.38. The van der Waals surface area contributed by atoms with Crippen molar-refractivity contribution in [3.63, 3.8) is 0 Å². The third-order valence-corrected chi connectivity index (χ3v) is 6.65. The van der Waals surface area contributed by atoms with E-state index in [4.69, 9.17) is 9.47 Å². The van der Waals surface area contributed by atoms with Gasteiger partial charge in [-0.05, 0) is 61.3 Å². The van der Waals surface area contributed by atoms with Crippen LogP contribution in [0.1, 0.15) is 24.3 Å². The van der Waals surface area contributed by atoms with Gasteiger partial charge in [0, 0.05) is 18.2 Å². The molecule has 1 aliphatic rings. The molecule has 1 heterocycles. The number of sulfonamides is 1. The molecule has 1 saturated heterocycles. The van der Waals surface area contributed by atoms with E-state index in [-0.39, 0.29) is 18.3 Å². The molecule has 1 aliphatic heterocycles. The largest absolute Gasteiger partial charge is 0.497 e. The number of carboxylic acids is 1. The van der Waals surface area contributed by atoms with Gasteiger partial charge in [-0.1, -0.05) is 12.1 Å². The second-order valence-electron chi connectivity index (χ2n) is 7.47. The van der Waals surface area contributed by atoms with Gasteiger partial charge in [0.1, 0.15) is 11.5 Å². The van der Waals surface area contributed by atoms with Crippen LogP contribution in [0.15, 0.2) is 48.5 Å². The average molecular weight is 449 g/mol. The number of nitrogens with one attached hydrogen (secondary N) is 2. The molecule has 1 fully saturated rings. The Hall–Kier alpha value is -2.78. The SMILES string of the molecule is COc1ccc(OCCCS(=O)(=O)Nc2cccc([C@@H]3CNCC[C@H]3C(=O)O)c2)cc1. The van der Waals surface area contributed by atoms with Gasteiger partial charge in [0.2, 0.25) is 10.0 Å². The van der Waals surface area contributed by atoms with E-state index in [0.29, 0.717) is 37.4 Å². The molecular weight excluding hydrogens is 420 g/mol. The van der Waals surface area contributed by atoms with Crippen molar-refractivity contribution in [1.29, 1.82) is 0 Å². The van der Waals surface area contributed by atoms with Gasteiger partial charge in [-0.25, -0.2) is 8.42 Å². The smallest absolute Gasteiger partial charge is 0.307 e. The van der Waals surface area contributed by atoms with E-state index in [0.717, 1.165) is 11.3 Å². The number of hydrogen-bond acceptors (Lipinski definition) is 6. The van der Waals surface area contributed by atoms with Crippen LogP contribution in [0.2, 0.25) is 0 Å². The van der Waals surface area contributed by atoms with Crippen molar-refractivity contribution in [2.24, 2.45) is 5.92 Å². The molecule has 9 heteroatoms. The summed E-state index contributed by atoms with van der Waals surface area (Å²) < 4.78 is 38.2. The minimum Gasteiger partial charge on any atom is -0.497 e. The summed E-state index contributed by atoms with van der Waals surface area (Å²) in [6.45, 7) is 1.48. The lowest BCUT2D eigenvalue weighted by molar-refractivity contribution is -0.143. The molecule has 3 rings (SSSR count). The van der Waals surface area contributed by atoms with E-state index >= 15 is 0 Å². The van der Waals surface area contributed by atoms with E-state index in [1.54, 1.807) is 49.6 Å². The van der Waals surface area contributed by atoms with Crippen molar-refractivity contribution in [1.82, 2.24) is 5.32 Å². The normalized spacial score (nSPS) is 18.9.